The number of hydrogen-bond donors (Lipinski definition) is 2. The topological polar surface area (TPSA) is 46.1 Å². The van der Waals surface area contributed by atoms with Gasteiger partial charge in [-0.2, -0.15) is 0 Å². The van der Waals surface area contributed by atoms with Gasteiger partial charge in [0.1, 0.15) is 0 Å². The Labute approximate surface area is 141 Å². The summed E-state index contributed by atoms with van der Waals surface area (Å²) in [5.74, 6) is -0.0953. The van der Waals surface area contributed by atoms with Gasteiger partial charge in [-0.3, -0.25) is 4.79 Å². The van der Waals surface area contributed by atoms with E-state index in [2.05, 4.69) is 28.8 Å². The predicted octanol–water partition coefficient (Wildman–Crippen LogP) is 3.38. The molecular formula is C20H19N3O. The van der Waals surface area contributed by atoms with Gasteiger partial charge in [0.05, 0.1) is 5.56 Å². The number of hydrogen-bond acceptors (Lipinski definition) is 2. The van der Waals surface area contributed by atoms with Crippen molar-refractivity contribution in [2.24, 2.45) is 0 Å². The van der Waals surface area contributed by atoms with Crippen molar-refractivity contribution in [1.29, 1.82) is 0 Å². The van der Waals surface area contributed by atoms with Crippen molar-refractivity contribution in [2.75, 3.05) is 11.9 Å². The standard InChI is InChI=1S/C20H19N3O/c24-20(22-18-4-2-1-3-5-18)17-9-11-23(14-17)19-7-6-16-13-21-10-8-15(16)12-19/h1-7,9,11-12,14,21H,8,10,13H2,(H,22,24). The van der Waals surface area contributed by atoms with Gasteiger partial charge in [-0.1, -0.05) is 24.3 Å². The summed E-state index contributed by atoms with van der Waals surface area (Å²) in [6.45, 7) is 1.96. The average Bonchev–Trinajstić information content (AvgIpc) is 3.12. The minimum atomic E-state index is -0.0953. The number of carbonyl (C=O) groups is 1. The summed E-state index contributed by atoms with van der Waals surface area (Å²) in [5, 5.41) is 6.30. The molecule has 0 aliphatic carbocycles. The molecule has 24 heavy (non-hydrogen) atoms. The van der Waals surface area contributed by atoms with E-state index in [9.17, 15) is 4.79 Å². The Morgan fingerprint density at radius 2 is 1.92 bits per heavy atom. The molecule has 1 amide bonds. The molecule has 1 aliphatic rings. The van der Waals surface area contributed by atoms with Crippen molar-refractivity contribution < 1.29 is 4.79 Å². The van der Waals surface area contributed by atoms with Crippen molar-refractivity contribution in [3.63, 3.8) is 0 Å². The molecule has 0 fully saturated rings. The smallest absolute Gasteiger partial charge is 0.257 e. The fraction of sp³-hybridized carbons (Fsp3) is 0.150. The van der Waals surface area contributed by atoms with Gasteiger partial charge in [0, 0.05) is 30.3 Å². The van der Waals surface area contributed by atoms with Gasteiger partial charge in [0.2, 0.25) is 0 Å². The maximum atomic E-state index is 12.4. The molecule has 0 unspecified atom stereocenters. The number of carbonyl (C=O) groups excluding carboxylic acids is 1. The van der Waals surface area contributed by atoms with Gasteiger partial charge < -0.3 is 15.2 Å². The van der Waals surface area contributed by atoms with E-state index in [1.165, 1.54) is 11.1 Å². The highest BCUT2D eigenvalue weighted by Gasteiger charge is 2.11. The number of fused-ring (bicyclic) bond motifs is 1. The number of nitrogens with one attached hydrogen (secondary N) is 2. The van der Waals surface area contributed by atoms with E-state index < -0.39 is 0 Å². The normalized spacial score (nSPS) is 13.3. The molecule has 0 atom stereocenters. The molecule has 1 aliphatic heterocycles. The summed E-state index contributed by atoms with van der Waals surface area (Å²) < 4.78 is 2.00. The van der Waals surface area contributed by atoms with Crippen LogP contribution >= 0.6 is 0 Å². The maximum Gasteiger partial charge on any atom is 0.257 e. The second-order valence-electron chi connectivity index (χ2n) is 6.01. The zero-order valence-electron chi connectivity index (χ0n) is 13.3. The van der Waals surface area contributed by atoms with Crippen LogP contribution in [-0.4, -0.2) is 17.0 Å². The van der Waals surface area contributed by atoms with Gasteiger partial charge >= 0.3 is 0 Å². The van der Waals surface area contributed by atoms with Crippen LogP contribution in [-0.2, 0) is 13.0 Å². The van der Waals surface area contributed by atoms with E-state index in [4.69, 9.17) is 0 Å². The van der Waals surface area contributed by atoms with Crippen LogP contribution in [0.1, 0.15) is 21.5 Å². The quantitative estimate of drug-likeness (QED) is 0.778. The Morgan fingerprint density at radius 3 is 2.79 bits per heavy atom. The summed E-state index contributed by atoms with van der Waals surface area (Å²) in [6.07, 6.45) is 4.86. The number of anilines is 1. The predicted molar refractivity (Wildman–Crippen MR) is 95.6 cm³/mol. The van der Waals surface area contributed by atoms with E-state index >= 15 is 0 Å². The van der Waals surface area contributed by atoms with Crippen molar-refractivity contribution in [3.8, 4) is 5.69 Å². The Morgan fingerprint density at radius 1 is 1.04 bits per heavy atom. The molecule has 2 N–H and O–H groups in total. The molecule has 4 nitrogen and oxygen atoms in total. The molecule has 3 aromatic rings. The molecule has 0 radical (unpaired) electrons. The SMILES string of the molecule is O=C(Nc1ccccc1)c1ccn(-c2ccc3c(c2)CCNC3)c1. The van der Waals surface area contributed by atoms with Gasteiger partial charge in [0.25, 0.3) is 5.91 Å². The Hall–Kier alpha value is -2.85. The Kier molecular flexibility index (Phi) is 3.89. The lowest BCUT2D eigenvalue weighted by Gasteiger charge is -2.18. The van der Waals surface area contributed by atoms with Crippen LogP contribution in [0, 0.1) is 0 Å². The van der Waals surface area contributed by atoms with E-state index in [1.54, 1.807) is 0 Å². The highest BCUT2D eigenvalue weighted by atomic mass is 16.1. The van der Waals surface area contributed by atoms with Crippen LogP contribution in [0.15, 0.2) is 67.0 Å². The zero-order valence-corrected chi connectivity index (χ0v) is 13.3. The summed E-state index contributed by atoms with van der Waals surface area (Å²) in [7, 11) is 0. The monoisotopic (exact) mass is 317 g/mol. The minimum Gasteiger partial charge on any atom is -0.323 e. The molecule has 4 heteroatoms. The first-order chi connectivity index (χ1) is 11.8. The fourth-order valence-electron chi connectivity index (χ4n) is 3.04. The number of nitrogens with zero attached hydrogens (tertiary/aromatic N) is 1. The maximum absolute atomic E-state index is 12.4. The molecule has 2 heterocycles. The van der Waals surface area contributed by atoms with Crippen LogP contribution < -0.4 is 10.6 Å². The van der Waals surface area contributed by atoms with Crippen LogP contribution in [0.4, 0.5) is 5.69 Å². The molecule has 0 spiro atoms. The first-order valence-corrected chi connectivity index (χ1v) is 8.17. The second-order valence-corrected chi connectivity index (χ2v) is 6.01. The van der Waals surface area contributed by atoms with Gasteiger partial charge in [0.15, 0.2) is 0 Å². The number of amides is 1. The lowest BCUT2D eigenvalue weighted by Crippen LogP contribution is -2.23. The second kappa shape index (κ2) is 6.34. The average molecular weight is 317 g/mol. The summed E-state index contributed by atoms with van der Waals surface area (Å²) in [6, 6.07) is 17.8. The van der Waals surface area contributed by atoms with E-state index in [-0.39, 0.29) is 5.91 Å². The van der Waals surface area contributed by atoms with Gasteiger partial charge in [-0.05, 0) is 54.4 Å². The van der Waals surface area contributed by atoms with Crippen LogP contribution in [0.25, 0.3) is 5.69 Å². The fourth-order valence-corrected chi connectivity index (χ4v) is 3.04. The van der Waals surface area contributed by atoms with E-state index in [0.29, 0.717) is 5.56 Å². The molecule has 4 rings (SSSR count). The molecule has 1 aromatic heterocycles. The lowest BCUT2D eigenvalue weighted by atomic mass is 10.0. The molecule has 120 valence electrons. The highest BCUT2D eigenvalue weighted by Crippen LogP contribution is 2.19. The molecule has 0 saturated carbocycles. The van der Waals surface area contributed by atoms with Gasteiger partial charge in [-0.15, -0.1) is 0 Å². The molecule has 0 bridgehead atoms. The Bertz CT molecular complexity index is 868. The number of para-hydroxylation sites is 1. The van der Waals surface area contributed by atoms with Crippen molar-refractivity contribution >= 4 is 11.6 Å². The third-order valence-corrected chi connectivity index (χ3v) is 4.36. The summed E-state index contributed by atoms with van der Waals surface area (Å²) >= 11 is 0. The number of benzene rings is 2. The molecule has 2 aromatic carbocycles. The van der Waals surface area contributed by atoms with Crippen molar-refractivity contribution in [1.82, 2.24) is 9.88 Å². The van der Waals surface area contributed by atoms with Crippen molar-refractivity contribution in [2.45, 2.75) is 13.0 Å². The highest BCUT2D eigenvalue weighted by molar-refractivity contribution is 6.04. The first kappa shape index (κ1) is 14.7. The van der Waals surface area contributed by atoms with Crippen molar-refractivity contribution in [3.05, 3.63) is 83.7 Å². The lowest BCUT2D eigenvalue weighted by molar-refractivity contribution is 0.102. The van der Waals surface area contributed by atoms with Crippen LogP contribution in [0.3, 0.4) is 0 Å². The van der Waals surface area contributed by atoms with Crippen LogP contribution in [0.5, 0.6) is 0 Å². The molecule has 0 saturated heterocycles. The molecular weight excluding hydrogens is 298 g/mol. The van der Waals surface area contributed by atoms with Crippen LogP contribution in [0.2, 0.25) is 0 Å². The first-order valence-electron chi connectivity index (χ1n) is 8.17. The van der Waals surface area contributed by atoms with E-state index in [0.717, 1.165) is 30.9 Å². The zero-order chi connectivity index (χ0) is 16.4. The van der Waals surface area contributed by atoms with Gasteiger partial charge in [-0.25, -0.2) is 0 Å². The summed E-state index contributed by atoms with van der Waals surface area (Å²) in [5.41, 5.74) is 5.29. The third-order valence-electron chi connectivity index (χ3n) is 4.36. The largest absolute Gasteiger partial charge is 0.323 e. The van der Waals surface area contributed by atoms with E-state index in [1.807, 2.05) is 53.4 Å². The number of aromatic nitrogens is 1. The minimum absolute atomic E-state index is 0.0953. The summed E-state index contributed by atoms with van der Waals surface area (Å²) in [4.78, 5) is 12.4. The number of rotatable bonds is 3. The third kappa shape index (κ3) is 2.96. The Balaban J connectivity index is 1.55.